The maximum Gasteiger partial charge on any atom is 0.243 e. The van der Waals surface area contributed by atoms with Crippen molar-refractivity contribution in [3.8, 4) is 0 Å². The molecule has 2 aromatic carbocycles. The normalized spacial score (nSPS) is 14.8. The zero-order valence-electron chi connectivity index (χ0n) is 19.4. The van der Waals surface area contributed by atoms with Gasteiger partial charge in [0.2, 0.25) is 11.8 Å². The van der Waals surface area contributed by atoms with Crippen molar-refractivity contribution in [3.63, 3.8) is 0 Å². The lowest BCUT2D eigenvalue weighted by Gasteiger charge is -2.31. The van der Waals surface area contributed by atoms with E-state index in [1.54, 1.807) is 11.8 Å². The van der Waals surface area contributed by atoms with Gasteiger partial charge in [-0.3, -0.25) is 9.59 Å². The SMILES string of the molecule is CCC(C(=O)NC1CCCC1)N(CCc1ccccc1)C(=O)CSCc1ccccc1C. The van der Waals surface area contributed by atoms with Crippen LogP contribution >= 0.6 is 11.8 Å². The first-order valence-electron chi connectivity index (χ1n) is 11.8. The summed E-state index contributed by atoms with van der Waals surface area (Å²) in [6.07, 6.45) is 5.82. The molecule has 1 atom stereocenters. The van der Waals surface area contributed by atoms with Crippen molar-refractivity contribution in [3.05, 3.63) is 71.3 Å². The first-order valence-corrected chi connectivity index (χ1v) is 13.0. The fourth-order valence-electron chi connectivity index (χ4n) is 4.37. The molecule has 3 rings (SSSR count). The molecule has 0 aromatic heterocycles. The van der Waals surface area contributed by atoms with Gasteiger partial charge in [0.05, 0.1) is 5.75 Å². The van der Waals surface area contributed by atoms with Crippen molar-refractivity contribution in [1.29, 1.82) is 0 Å². The van der Waals surface area contributed by atoms with Gasteiger partial charge in [-0.1, -0.05) is 74.4 Å². The number of nitrogens with zero attached hydrogens (tertiary/aromatic N) is 1. The van der Waals surface area contributed by atoms with Gasteiger partial charge in [0.25, 0.3) is 0 Å². The molecule has 0 spiro atoms. The number of benzene rings is 2. The maximum absolute atomic E-state index is 13.3. The highest BCUT2D eigenvalue weighted by molar-refractivity contribution is 7.99. The maximum atomic E-state index is 13.3. The van der Waals surface area contributed by atoms with E-state index in [-0.39, 0.29) is 17.9 Å². The molecule has 1 N–H and O–H groups in total. The number of carbonyl (C=O) groups is 2. The molecule has 0 radical (unpaired) electrons. The minimum Gasteiger partial charge on any atom is -0.352 e. The number of thioether (sulfide) groups is 1. The van der Waals surface area contributed by atoms with E-state index < -0.39 is 6.04 Å². The Kier molecular flexibility index (Phi) is 9.66. The van der Waals surface area contributed by atoms with Crippen LogP contribution in [0.5, 0.6) is 0 Å². The number of hydrogen-bond acceptors (Lipinski definition) is 3. The molecular formula is C27H36N2O2S. The molecule has 1 saturated carbocycles. The van der Waals surface area contributed by atoms with E-state index in [0.717, 1.165) is 25.0 Å². The van der Waals surface area contributed by atoms with Crippen molar-refractivity contribution in [2.75, 3.05) is 12.3 Å². The molecule has 0 bridgehead atoms. The van der Waals surface area contributed by atoms with Crippen LogP contribution in [-0.2, 0) is 21.8 Å². The molecule has 32 heavy (non-hydrogen) atoms. The fourth-order valence-corrected chi connectivity index (χ4v) is 5.35. The summed E-state index contributed by atoms with van der Waals surface area (Å²) in [5.41, 5.74) is 3.69. The Hall–Kier alpha value is -2.27. The Labute approximate surface area is 197 Å². The highest BCUT2D eigenvalue weighted by atomic mass is 32.2. The van der Waals surface area contributed by atoms with Crippen molar-refractivity contribution >= 4 is 23.6 Å². The van der Waals surface area contributed by atoms with Crippen molar-refractivity contribution in [2.24, 2.45) is 0 Å². The van der Waals surface area contributed by atoms with E-state index >= 15 is 0 Å². The largest absolute Gasteiger partial charge is 0.352 e. The lowest BCUT2D eigenvalue weighted by molar-refractivity contribution is -0.139. The first-order chi connectivity index (χ1) is 15.6. The van der Waals surface area contributed by atoms with E-state index in [1.807, 2.05) is 42.2 Å². The van der Waals surface area contributed by atoms with Gasteiger partial charge in [-0.25, -0.2) is 0 Å². The summed E-state index contributed by atoms with van der Waals surface area (Å²) in [5.74, 6) is 1.24. The Morgan fingerprint density at radius 2 is 1.75 bits per heavy atom. The summed E-state index contributed by atoms with van der Waals surface area (Å²) in [7, 11) is 0. The quantitative estimate of drug-likeness (QED) is 0.514. The Morgan fingerprint density at radius 1 is 1.06 bits per heavy atom. The zero-order chi connectivity index (χ0) is 22.8. The van der Waals surface area contributed by atoms with Crippen LogP contribution in [0.1, 0.15) is 55.7 Å². The second-order valence-electron chi connectivity index (χ2n) is 8.66. The average molecular weight is 453 g/mol. The molecule has 4 nitrogen and oxygen atoms in total. The molecule has 0 aliphatic heterocycles. The minimum atomic E-state index is -0.411. The summed E-state index contributed by atoms with van der Waals surface area (Å²) in [6, 6.07) is 18.3. The third kappa shape index (κ3) is 7.13. The van der Waals surface area contributed by atoms with Gasteiger partial charge in [-0.05, 0) is 49.3 Å². The predicted molar refractivity (Wildman–Crippen MR) is 134 cm³/mol. The van der Waals surface area contributed by atoms with E-state index in [1.165, 1.54) is 29.5 Å². The number of rotatable bonds is 11. The van der Waals surface area contributed by atoms with E-state index in [9.17, 15) is 9.59 Å². The van der Waals surface area contributed by atoms with Crippen LogP contribution in [0.3, 0.4) is 0 Å². The molecule has 1 aliphatic rings. The standard InChI is InChI=1S/C27H36N2O2S/c1-3-25(27(31)28-24-15-9-10-16-24)29(18-17-22-12-5-4-6-13-22)26(30)20-32-19-23-14-8-7-11-21(23)2/h4-8,11-14,24-25H,3,9-10,15-20H2,1-2H3,(H,28,31). The highest BCUT2D eigenvalue weighted by Crippen LogP contribution is 2.20. The third-order valence-electron chi connectivity index (χ3n) is 6.32. The van der Waals surface area contributed by atoms with Gasteiger partial charge in [-0.15, -0.1) is 11.8 Å². The van der Waals surface area contributed by atoms with Crippen LogP contribution in [0.2, 0.25) is 0 Å². The molecule has 2 aromatic rings. The van der Waals surface area contributed by atoms with Crippen LogP contribution < -0.4 is 5.32 Å². The summed E-state index contributed by atoms with van der Waals surface area (Å²) < 4.78 is 0. The van der Waals surface area contributed by atoms with Crippen molar-refractivity contribution < 1.29 is 9.59 Å². The molecule has 2 amide bonds. The summed E-state index contributed by atoms with van der Waals surface area (Å²) >= 11 is 1.63. The number of aryl methyl sites for hydroxylation is 1. The Morgan fingerprint density at radius 3 is 2.44 bits per heavy atom. The molecule has 1 fully saturated rings. The monoisotopic (exact) mass is 452 g/mol. The average Bonchev–Trinajstić information content (AvgIpc) is 3.31. The summed E-state index contributed by atoms with van der Waals surface area (Å²) in [5, 5.41) is 3.21. The lowest BCUT2D eigenvalue weighted by Crippen LogP contribution is -2.52. The van der Waals surface area contributed by atoms with Gasteiger partial charge >= 0.3 is 0 Å². The zero-order valence-corrected chi connectivity index (χ0v) is 20.2. The molecule has 1 aliphatic carbocycles. The first kappa shape index (κ1) is 24.4. The number of hydrogen-bond donors (Lipinski definition) is 1. The smallest absolute Gasteiger partial charge is 0.243 e. The van der Waals surface area contributed by atoms with E-state index in [0.29, 0.717) is 18.7 Å². The lowest BCUT2D eigenvalue weighted by atomic mass is 10.1. The van der Waals surface area contributed by atoms with Gasteiger partial charge in [0, 0.05) is 18.3 Å². The molecule has 1 unspecified atom stereocenters. The highest BCUT2D eigenvalue weighted by Gasteiger charge is 2.30. The number of carbonyl (C=O) groups excluding carboxylic acids is 2. The van der Waals surface area contributed by atoms with Crippen LogP contribution in [0, 0.1) is 6.92 Å². The van der Waals surface area contributed by atoms with Crippen LogP contribution in [0.25, 0.3) is 0 Å². The van der Waals surface area contributed by atoms with Gasteiger partial charge in [-0.2, -0.15) is 0 Å². The van der Waals surface area contributed by atoms with Crippen LogP contribution in [0.15, 0.2) is 54.6 Å². The fraction of sp³-hybridized carbons (Fsp3) is 0.481. The summed E-state index contributed by atoms with van der Waals surface area (Å²) in [4.78, 5) is 28.2. The topological polar surface area (TPSA) is 49.4 Å². The number of nitrogens with one attached hydrogen (secondary N) is 1. The van der Waals surface area contributed by atoms with Crippen molar-refractivity contribution in [2.45, 2.75) is 70.2 Å². The molecule has 5 heteroatoms. The van der Waals surface area contributed by atoms with E-state index in [2.05, 4.69) is 36.5 Å². The Bertz CT molecular complexity index is 865. The predicted octanol–water partition coefficient (Wildman–Crippen LogP) is 5.14. The second-order valence-corrected chi connectivity index (χ2v) is 9.64. The molecule has 172 valence electrons. The van der Waals surface area contributed by atoms with Gasteiger partial charge in [0.15, 0.2) is 0 Å². The van der Waals surface area contributed by atoms with Crippen molar-refractivity contribution in [1.82, 2.24) is 10.2 Å². The molecular weight excluding hydrogens is 416 g/mol. The molecule has 0 saturated heterocycles. The summed E-state index contributed by atoms with van der Waals surface area (Å²) in [6.45, 7) is 4.66. The Balaban J connectivity index is 1.65. The minimum absolute atomic E-state index is 0.00437. The van der Waals surface area contributed by atoms with Crippen LogP contribution in [-0.4, -0.2) is 41.1 Å². The van der Waals surface area contributed by atoms with E-state index in [4.69, 9.17) is 0 Å². The van der Waals surface area contributed by atoms with Gasteiger partial charge in [0.1, 0.15) is 6.04 Å². The second kappa shape index (κ2) is 12.7. The third-order valence-corrected chi connectivity index (χ3v) is 7.28. The molecule has 0 heterocycles. The van der Waals surface area contributed by atoms with Crippen LogP contribution in [0.4, 0.5) is 0 Å². The van der Waals surface area contributed by atoms with Gasteiger partial charge < -0.3 is 10.2 Å². The number of amides is 2.